The van der Waals surface area contributed by atoms with Crippen molar-refractivity contribution in [3.8, 4) is 5.69 Å². The van der Waals surface area contributed by atoms with Gasteiger partial charge in [-0.2, -0.15) is 5.10 Å². The first-order valence-electron chi connectivity index (χ1n) is 8.34. The summed E-state index contributed by atoms with van der Waals surface area (Å²) >= 11 is 5.93. The Labute approximate surface area is 147 Å². The molecule has 1 N–H and O–H groups in total. The summed E-state index contributed by atoms with van der Waals surface area (Å²) in [6.07, 6.45) is 4.05. The van der Waals surface area contributed by atoms with Crippen molar-refractivity contribution in [3.05, 3.63) is 46.7 Å². The molecule has 24 heavy (non-hydrogen) atoms. The lowest BCUT2D eigenvalue weighted by atomic mass is 9.97. The van der Waals surface area contributed by atoms with Crippen molar-refractivity contribution in [3.63, 3.8) is 0 Å². The number of likely N-dealkylation sites (tertiary alicyclic amines) is 1. The van der Waals surface area contributed by atoms with Crippen molar-refractivity contribution in [2.24, 2.45) is 5.92 Å². The quantitative estimate of drug-likeness (QED) is 0.926. The second-order valence-corrected chi connectivity index (χ2v) is 6.80. The fourth-order valence-electron chi connectivity index (χ4n) is 3.27. The maximum atomic E-state index is 12.9. The third kappa shape index (κ3) is 3.62. The number of hydrogen-bond acceptors (Lipinski definition) is 3. The highest BCUT2D eigenvalue weighted by Gasteiger charge is 2.26. The summed E-state index contributed by atoms with van der Waals surface area (Å²) < 4.78 is 1.74. The second kappa shape index (κ2) is 7.36. The fourth-order valence-corrected chi connectivity index (χ4v) is 3.40. The highest BCUT2D eigenvalue weighted by Crippen LogP contribution is 2.21. The van der Waals surface area contributed by atoms with E-state index in [2.05, 4.69) is 10.4 Å². The summed E-state index contributed by atoms with van der Waals surface area (Å²) in [5.74, 6) is 0.604. The van der Waals surface area contributed by atoms with Gasteiger partial charge in [-0.3, -0.25) is 4.79 Å². The monoisotopic (exact) mass is 346 g/mol. The molecule has 1 aromatic carbocycles. The number of nitrogens with one attached hydrogen (secondary N) is 1. The van der Waals surface area contributed by atoms with Crippen molar-refractivity contribution in [2.75, 3.05) is 26.7 Å². The molecule has 0 spiro atoms. The summed E-state index contributed by atoms with van der Waals surface area (Å²) in [6.45, 7) is 4.47. The number of aromatic nitrogens is 2. The van der Waals surface area contributed by atoms with Gasteiger partial charge in [0.25, 0.3) is 5.91 Å². The Kier molecular flexibility index (Phi) is 5.21. The number of carbonyl (C=O) groups is 1. The zero-order valence-electron chi connectivity index (χ0n) is 14.1. The third-order valence-electron chi connectivity index (χ3n) is 4.52. The van der Waals surface area contributed by atoms with Gasteiger partial charge in [-0.05, 0) is 63.5 Å². The molecule has 0 bridgehead atoms. The zero-order valence-corrected chi connectivity index (χ0v) is 14.9. The molecule has 5 nitrogen and oxygen atoms in total. The molecule has 0 radical (unpaired) electrons. The Morgan fingerprint density at radius 1 is 1.38 bits per heavy atom. The molecule has 0 unspecified atom stereocenters. The lowest BCUT2D eigenvalue weighted by Crippen LogP contribution is -2.42. The van der Waals surface area contributed by atoms with Crippen LogP contribution in [0.2, 0.25) is 5.02 Å². The van der Waals surface area contributed by atoms with Crippen LogP contribution in [0, 0.1) is 12.8 Å². The number of hydrogen-bond donors (Lipinski definition) is 1. The summed E-state index contributed by atoms with van der Waals surface area (Å²) in [5, 5.41) is 8.39. The topological polar surface area (TPSA) is 50.2 Å². The normalized spacial score (nSPS) is 18.0. The zero-order chi connectivity index (χ0) is 17.1. The van der Waals surface area contributed by atoms with E-state index in [0.29, 0.717) is 16.5 Å². The molecule has 2 aromatic rings. The Hall–Kier alpha value is -1.85. The molecule has 6 heteroatoms. The predicted octanol–water partition coefficient (Wildman–Crippen LogP) is 2.91. The molecule has 1 aliphatic rings. The SMILES string of the molecule is CNC[C@@H]1CCCN(C(=O)c2cn(-c3ccc(Cl)cc3)nc2C)C1. The number of amides is 1. The van der Waals surface area contributed by atoms with Crippen molar-refractivity contribution in [1.29, 1.82) is 0 Å². The molecule has 1 aromatic heterocycles. The molecule has 1 amide bonds. The number of carbonyl (C=O) groups excluding carboxylic acids is 1. The first-order valence-corrected chi connectivity index (χ1v) is 8.72. The summed E-state index contributed by atoms with van der Waals surface area (Å²) in [4.78, 5) is 14.9. The lowest BCUT2D eigenvalue weighted by molar-refractivity contribution is 0.0673. The highest BCUT2D eigenvalue weighted by molar-refractivity contribution is 6.30. The summed E-state index contributed by atoms with van der Waals surface area (Å²) in [7, 11) is 1.96. The van der Waals surface area contributed by atoms with E-state index in [9.17, 15) is 4.79 Å². The van der Waals surface area contributed by atoms with Gasteiger partial charge in [-0.15, -0.1) is 0 Å². The minimum absolute atomic E-state index is 0.0773. The van der Waals surface area contributed by atoms with Crippen LogP contribution in [0.1, 0.15) is 28.9 Å². The van der Waals surface area contributed by atoms with Gasteiger partial charge in [-0.25, -0.2) is 4.68 Å². The van der Waals surface area contributed by atoms with Gasteiger partial charge >= 0.3 is 0 Å². The van der Waals surface area contributed by atoms with Gasteiger partial charge in [0, 0.05) is 24.3 Å². The van der Waals surface area contributed by atoms with Gasteiger partial charge < -0.3 is 10.2 Å². The molecule has 1 fully saturated rings. The van der Waals surface area contributed by atoms with Crippen LogP contribution in [-0.2, 0) is 0 Å². The number of benzene rings is 1. The summed E-state index contributed by atoms with van der Waals surface area (Å²) in [6, 6.07) is 7.44. The highest BCUT2D eigenvalue weighted by atomic mass is 35.5. The fraction of sp³-hybridized carbons (Fsp3) is 0.444. The standard InChI is InChI=1S/C18H23ClN4O/c1-13-17(12-23(21-13)16-7-5-15(19)6-8-16)18(24)22-9-3-4-14(11-22)10-20-2/h5-8,12,14,20H,3-4,9-11H2,1-2H3/t14-/m0/s1. The largest absolute Gasteiger partial charge is 0.338 e. The molecular weight excluding hydrogens is 324 g/mol. The molecule has 128 valence electrons. The second-order valence-electron chi connectivity index (χ2n) is 6.37. The lowest BCUT2D eigenvalue weighted by Gasteiger charge is -2.32. The number of halogens is 1. The van der Waals surface area contributed by atoms with Crippen molar-refractivity contribution in [2.45, 2.75) is 19.8 Å². The van der Waals surface area contributed by atoms with E-state index in [-0.39, 0.29) is 5.91 Å². The van der Waals surface area contributed by atoms with Gasteiger partial charge in [-0.1, -0.05) is 11.6 Å². The maximum absolute atomic E-state index is 12.9. The van der Waals surface area contributed by atoms with Crippen molar-refractivity contribution in [1.82, 2.24) is 20.0 Å². The van der Waals surface area contributed by atoms with Crippen LogP contribution in [0.25, 0.3) is 5.69 Å². The molecular formula is C18H23ClN4O. The van der Waals surface area contributed by atoms with Crippen LogP contribution >= 0.6 is 11.6 Å². The molecule has 1 aliphatic heterocycles. The number of nitrogens with zero attached hydrogens (tertiary/aromatic N) is 3. The van der Waals surface area contributed by atoms with Crippen LogP contribution in [0.15, 0.2) is 30.5 Å². The number of rotatable bonds is 4. The Bertz CT molecular complexity index is 708. The molecule has 2 heterocycles. The van der Waals surface area contributed by atoms with E-state index < -0.39 is 0 Å². The van der Waals surface area contributed by atoms with E-state index in [1.54, 1.807) is 4.68 Å². The third-order valence-corrected chi connectivity index (χ3v) is 4.77. The Balaban J connectivity index is 1.79. The van der Waals surface area contributed by atoms with E-state index in [1.807, 2.05) is 49.3 Å². The molecule has 0 aliphatic carbocycles. The molecule has 3 rings (SSSR count). The van der Waals surface area contributed by atoms with E-state index in [4.69, 9.17) is 11.6 Å². The average molecular weight is 347 g/mol. The summed E-state index contributed by atoms with van der Waals surface area (Å²) in [5.41, 5.74) is 2.33. The van der Waals surface area contributed by atoms with Crippen molar-refractivity contribution < 1.29 is 4.79 Å². The molecule has 1 saturated heterocycles. The minimum atomic E-state index is 0.0773. The first-order chi connectivity index (χ1) is 11.6. The number of piperidine rings is 1. The van der Waals surface area contributed by atoms with Gasteiger partial charge in [0.2, 0.25) is 0 Å². The Morgan fingerprint density at radius 3 is 2.83 bits per heavy atom. The van der Waals surface area contributed by atoms with Gasteiger partial charge in [0.1, 0.15) is 0 Å². The first kappa shape index (κ1) is 17.0. The van der Waals surface area contributed by atoms with E-state index in [1.165, 1.54) is 6.42 Å². The predicted molar refractivity (Wildman–Crippen MR) is 95.9 cm³/mol. The van der Waals surface area contributed by atoms with E-state index >= 15 is 0 Å². The van der Waals surface area contributed by atoms with Crippen LogP contribution in [0.3, 0.4) is 0 Å². The minimum Gasteiger partial charge on any atom is -0.338 e. The van der Waals surface area contributed by atoms with Crippen LogP contribution < -0.4 is 5.32 Å². The van der Waals surface area contributed by atoms with Crippen LogP contribution in [-0.4, -0.2) is 47.3 Å². The van der Waals surface area contributed by atoms with Crippen LogP contribution in [0.5, 0.6) is 0 Å². The Morgan fingerprint density at radius 2 is 2.12 bits per heavy atom. The van der Waals surface area contributed by atoms with Gasteiger partial charge in [0.15, 0.2) is 0 Å². The van der Waals surface area contributed by atoms with Gasteiger partial charge in [0.05, 0.1) is 16.9 Å². The van der Waals surface area contributed by atoms with Crippen LogP contribution in [0.4, 0.5) is 0 Å². The molecule has 0 saturated carbocycles. The van der Waals surface area contributed by atoms with E-state index in [0.717, 1.165) is 37.4 Å². The number of aryl methyl sites for hydroxylation is 1. The van der Waals surface area contributed by atoms with Crippen molar-refractivity contribution >= 4 is 17.5 Å². The maximum Gasteiger partial charge on any atom is 0.257 e. The molecule has 1 atom stereocenters. The average Bonchev–Trinajstić information content (AvgIpc) is 2.97. The smallest absolute Gasteiger partial charge is 0.257 e.